The van der Waals surface area contributed by atoms with E-state index in [-0.39, 0.29) is 23.9 Å². The number of carbonyl (C=O) groups is 1. The van der Waals surface area contributed by atoms with E-state index < -0.39 is 0 Å². The zero-order chi connectivity index (χ0) is 23.8. The highest BCUT2D eigenvalue weighted by Crippen LogP contribution is 2.33. The molecule has 1 N–H and O–H groups in total. The molecule has 1 fully saturated rings. The number of aryl methyl sites for hydroxylation is 1. The van der Waals surface area contributed by atoms with E-state index in [0.717, 1.165) is 55.9 Å². The fourth-order valence-corrected chi connectivity index (χ4v) is 5.80. The number of piperidine rings is 1. The summed E-state index contributed by atoms with van der Waals surface area (Å²) in [6.45, 7) is 6.75. The molecule has 180 valence electrons. The number of nitrogens with zero attached hydrogens (tertiary/aromatic N) is 3. The van der Waals surface area contributed by atoms with Crippen LogP contribution in [0.15, 0.2) is 36.4 Å². The number of rotatable bonds is 6. The van der Waals surface area contributed by atoms with Gasteiger partial charge in [-0.1, -0.05) is 13.0 Å². The molecule has 1 aliphatic heterocycles. The number of likely N-dealkylation sites (tertiary alicyclic amines) is 1. The Bertz CT molecular complexity index is 1210. The number of anilines is 1. The maximum atomic E-state index is 13.7. The molecule has 3 atom stereocenters. The third kappa shape index (κ3) is 4.46. The Hall–Kier alpha value is -2.77. The number of benzene rings is 2. The second kappa shape index (κ2) is 9.47. The number of methoxy groups -OCH3 is 1. The fraction of sp³-hybridized carbons (Fsp3) is 0.481. The average Bonchev–Trinajstić information content (AvgIpc) is 3.37. The van der Waals surface area contributed by atoms with Crippen LogP contribution in [-0.2, 0) is 22.4 Å². The summed E-state index contributed by atoms with van der Waals surface area (Å²) < 4.78 is 21.9. The Morgan fingerprint density at radius 3 is 2.82 bits per heavy atom. The van der Waals surface area contributed by atoms with E-state index in [1.54, 1.807) is 7.11 Å². The fourth-order valence-electron chi connectivity index (χ4n) is 5.80. The molecule has 2 aliphatic rings. The summed E-state index contributed by atoms with van der Waals surface area (Å²) in [5.41, 5.74) is 5.31. The molecule has 7 heteroatoms. The smallest absolute Gasteiger partial charge is 0.224 e. The maximum Gasteiger partial charge on any atom is 0.224 e. The molecule has 34 heavy (non-hydrogen) atoms. The van der Waals surface area contributed by atoms with Crippen LogP contribution in [0.4, 0.5) is 10.1 Å². The number of halogens is 1. The molecule has 3 aromatic rings. The van der Waals surface area contributed by atoms with E-state index >= 15 is 0 Å². The normalized spacial score (nSPS) is 22.8. The van der Waals surface area contributed by atoms with Crippen molar-refractivity contribution in [2.45, 2.75) is 51.7 Å². The Kier molecular flexibility index (Phi) is 6.40. The van der Waals surface area contributed by atoms with Gasteiger partial charge in [0.15, 0.2) is 0 Å². The van der Waals surface area contributed by atoms with Crippen molar-refractivity contribution in [3.05, 3.63) is 59.2 Å². The molecule has 0 radical (unpaired) electrons. The van der Waals surface area contributed by atoms with E-state index in [2.05, 4.69) is 31.9 Å². The van der Waals surface area contributed by atoms with Crippen molar-refractivity contribution in [3.8, 4) is 0 Å². The van der Waals surface area contributed by atoms with Crippen molar-refractivity contribution < 1.29 is 13.9 Å². The van der Waals surface area contributed by atoms with Crippen molar-refractivity contribution in [1.82, 2.24) is 14.5 Å². The summed E-state index contributed by atoms with van der Waals surface area (Å²) in [5, 5.41) is 2.98. The van der Waals surface area contributed by atoms with Gasteiger partial charge in [-0.05, 0) is 67.5 Å². The molecule has 5 rings (SSSR count). The van der Waals surface area contributed by atoms with Gasteiger partial charge in [-0.2, -0.15) is 0 Å². The minimum absolute atomic E-state index is 0.0500. The van der Waals surface area contributed by atoms with Crippen LogP contribution in [0.2, 0.25) is 0 Å². The van der Waals surface area contributed by atoms with Crippen LogP contribution in [0.3, 0.4) is 0 Å². The SMILES string of the molecule is CCC(=O)Nc1ccc2c(c1)CC(CN1CC[C@@H](n3c(C)nc4cc(F)ccc43)[C@H](OC)C1)C2. The lowest BCUT2D eigenvalue weighted by atomic mass is 9.98. The molecule has 0 spiro atoms. The monoisotopic (exact) mass is 464 g/mol. The summed E-state index contributed by atoms with van der Waals surface area (Å²) in [4.78, 5) is 18.9. The average molecular weight is 465 g/mol. The highest BCUT2D eigenvalue weighted by atomic mass is 19.1. The number of fused-ring (bicyclic) bond motifs is 2. The molecule has 1 saturated heterocycles. The van der Waals surface area contributed by atoms with Gasteiger partial charge in [0.1, 0.15) is 11.6 Å². The number of nitrogens with one attached hydrogen (secondary N) is 1. The number of amides is 1. The maximum absolute atomic E-state index is 13.7. The van der Waals surface area contributed by atoms with Gasteiger partial charge in [0, 0.05) is 44.9 Å². The van der Waals surface area contributed by atoms with Crippen LogP contribution >= 0.6 is 0 Å². The second-order valence-corrected chi connectivity index (χ2v) is 9.71. The summed E-state index contributed by atoms with van der Waals surface area (Å²) in [7, 11) is 1.78. The molecule has 2 heterocycles. The molecule has 1 amide bonds. The van der Waals surface area contributed by atoms with Crippen molar-refractivity contribution >= 4 is 22.6 Å². The summed E-state index contributed by atoms with van der Waals surface area (Å²) in [6.07, 6.45) is 3.62. The topological polar surface area (TPSA) is 59.4 Å². The van der Waals surface area contributed by atoms with Crippen molar-refractivity contribution in [2.24, 2.45) is 5.92 Å². The van der Waals surface area contributed by atoms with Crippen LogP contribution in [0.5, 0.6) is 0 Å². The number of ether oxygens (including phenoxy) is 1. The number of aromatic nitrogens is 2. The zero-order valence-electron chi connectivity index (χ0n) is 20.2. The van der Waals surface area contributed by atoms with E-state index in [9.17, 15) is 9.18 Å². The Balaban J connectivity index is 1.25. The molecular weight excluding hydrogens is 431 g/mol. The van der Waals surface area contributed by atoms with Gasteiger partial charge >= 0.3 is 0 Å². The van der Waals surface area contributed by atoms with E-state index in [4.69, 9.17) is 4.74 Å². The van der Waals surface area contributed by atoms with E-state index in [0.29, 0.717) is 17.9 Å². The van der Waals surface area contributed by atoms with Gasteiger partial charge in [-0.3, -0.25) is 4.79 Å². The second-order valence-electron chi connectivity index (χ2n) is 9.71. The predicted molar refractivity (Wildman–Crippen MR) is 132 cm³/mol. The zero-order valence-corrected chi connectivity index (χ0v) is 20.2. The third-order valence-corrected chi connectivity index (χ3v) is 7.42. The van der Waals surface area contributed by atoms with E-state index in [1.165, 1.54) is 23.3 Å². The van der Waals surface area contributed by atoms with Gasteiger partial charge in [0.2, 0.25) is 5.91 Å². The third-order valence-electron chi connectivity index (χ3n) is 7.42. The van der Waals surface area contributed by atoms with Crippen LogP contribution in [-0.4, -0.2) is 53.2 Å². The number of imidazole rings is 1. The van der Waals surface area contributed by atoms with Crippen molar-refractivity contribution in [2.75, 3.05) is 32.1 Å². The largest absolute Gasteiger partial charge is 0.378 e. The minimum atomic E-state index is -0.257. The van der Waals surface area contributed by atoms with Crippen molar-refractivity contribution in [1.29, 1.82) is 0 Å². The quantitative estimate of drug-likeness (QED) is 0.583. The molecule has 1 aromatic heterocycles. The van der Waals surface area contributed by atoms with E-state index in [1.807, 2.05) is 26.0 Å². The van der Waals surface area contributed by atoms with Crippen LogP contribution in [0, 0.1) is 18.7 Å². The Labute approximate surface area is 200 Å². The van der Waals surface area contributed by atoms with Crippen LogP contribution in [0.25, 0.3) is 11.0 Å². The predicted octanol–water partition coefficient (Wildman–Crippen LogP) is 4.51. The van der Waals surface area contributed by atoms with Crippen LogP contribution < -0.4 is 5.32 Å². The minimum Gasteiger partial charge on any atom is -0.378 e. The lowest BCUT2D eigenvalue weighted by molar-refractivity contribution is -0.115. The van der Waals surface area contributed by atoms with Crippen molar-refractivity contribution in [3.63, 3.8) is 0 Å². The Morgan fingerprint density at radius 2 is 2.03 bits per heavy atom. The molecule has 1 aliphatic carbocycles. The summed E-state index contributed by atoms with van der Waals surface area (Å²) in [6, 6.07) is 11.4. The first-order chi connectivity index (χ1) is 16.4. The first-order valence-corrected chi connectivity index (χ1v) is 12.3. The summed E-state index contributed by atoms with van der Waals surface area (Å²) >= 11 is 0. The van der Waals surface area contributed by atoms with Gasteiger partial charge < -0.3 is 19.5 Å². The summed E-state index contributed by atoms with van der Waals surface area (Å²) in [5.74, 6) is 1.26. The van der Waals surface area contributed by atoms with Gasteiger partial charge in [0.25, 0.3) is 0 Å². The number of hydrogen-bond acceptors (Lipinski definition) is 4. The van der Waals surface area contributed by atoms with Gasteiger partial charge in [0.05, 0.1) is 23.2 Å². The molecule has 0 saturated carbocycles. The lowest BCUT2D eigenvalue weighted by Gasteiger charge is -2.40. The Morgan fingerprint density at radius 1 is 1.21 bits per heavy atom. The molecular formula is C27H33FN4O2. The number of hydrogen-bond donors (Lipinski definition) is 1. The first kappa shape index (κ1) is 23.0. The highest BCUT2D eigenvalue weighted by molar-refractivity contribution is 5.90. The molecule has 2 aromatic carbocycles. The standard InChI is InChI=1S/C27H33FN4O2/c1-4-27(33)30-22-7-5-19-11-18(12-20(19)13-22)15-31-10-9-25(26(16-31)34-3)32-17(2)29-23-14-21(28)6-8-24(23)32/h5-8,13-14,18,25-26H,4,9-12,15-16H2,1-3H3,(H,30,33)/t18?,25-,26-/m1/s1. The molecule has 6 nitrogen and oxygen atoms in total. The first-order valence-electron chi connectivity index (χ1n) is 12.3. The number of carbonyl (C=O) groups excluding carboxylic acids is 1. The van der Waals surface area contributed by atoms with Gasteiger partial charge in [-0.15, -0.1) is 0 Å². The van der Waals surface area contributed by atoms with Crippen LogP contribution in [0.1, 0.15) is 42.8 Å². The lowest BCUT2D eigenvalue weighted by Crippen LogP contribution is -2.47. The molecule has 1 unspecified atom stereocenters. The highest BCUT2D eigenvalue weighted by Gasteiger charge is 2.34. The van der Waals surface area contributed by atoms with Gasteiger partial charge in [-0.25, -0.2) is 9.37 Å². The molecule has 0 bridgehead atoms.